The van der Waals surface area contributed by atoms with Gasteiger partial charge in [0, 0.05) is 0 Å². The lowest BCUT2D eigenvalue weighted by Gasteiger charge is -2.47. The van der Waals surface area contributed by atoms with E-state index in [1.807, 2.05) is 0 Å². The molecule has 0 aromatic rings. The maximum absolute atomic E-state index is 11.0. The second kappa shape index (κ2) is 14.1. The van der Waals surface area contributed by atoms with Crippen LogP contribution in [-0.2, 0) is 37.9 Å². The van der Waals surface area contributed by atoms with Crippen molar-refractivity contribution in [1.82, 2.24) is 0 Å². The third-order valence-corrected chi connectivity index (χ3v) is 8.45. The van der Waals surface area contributed by atoms with E-state index >= 15 is 0 Å². The fourth-order valence-corrected chi connectivity index (χ4v) is 5.91. The Labute approximate surface area is 249 Å². The molecule has 0 saturated carbocycles. The van der Waals surface area contributed by atoms with Crippen LogP contribution in [0.1, 0.15) is 0 Å². The van der Waals surface area contributed by atoms with Gasteiger partial charge in [-0.2, -0.15) is 0 Å². The summed E-state index contributed by atoms with van der Waals surface area (Å²) in [5.74, 6) is 0. The van der Waals surface area contributed by atoms with Crippen molar-refractivity contribution in [3.05, 3.63) is 0 Å². The number of aliphatic hydroxyl groups excluding tert-OH is 12. The van der Waals surface area contributed by atoms with Crippen molar-refractivity contribution >= 4 is 0 Å². The number of hydrogen-bond donors (Lipinski definition) is 12. The van der Waals surface area contributed by atoms with Gasteiger partial charge in [-0.3, -0.25) is 0 Å². The highest BCUT2D eigenvalue weighted by atomic mass is 16.8. The van der Waals surface area contributed by atoms with E-state index < -0.39 is 143 Å². The van der Waals surface area contributed by atoms with E-state index in [1.54, 1.807) is 0 Å². The molecule has 5 rings (SSSR count). The molecule has 0 amide bonds. The molecule has 44 heavy (non-hydrogen) atoms. The molecule has 20 atom stereocenters. The van der Waals surface area contributed by atoms with Gasteiger partial charge in [0.25, 0.3) is 0 Å². The molecular formula is C24H40O20. The smallest absolute Gasteiger partial charge is 0.187 e. The normalized spacial score (nSPS) is 54.8. The first-order valence-electron chi connectivity index (χ1n) is 14.1. The second-order valence-corrected chi connectivity index (χ2v) is 11.3. The van der Waals surface area contributed by atoms with Crippen LogP contribution < -0.4 is 0 Å². The summed E-state index contributed by atoms with van der Waals surface area (Å²) in [5.41, 5.74) is 0. The SMILES string of the molecule is OC[C@H]1O[C@H](O[C@H]2[C@@H]3OC[C@H]2O[C@H](O[C@H]2[C@H](O)[C@@H](O)[C@@H](O[C@H]4[C@H](O)[C@@H](O)C(O)O[C@@H]4CO)O[C@@H]2CO)[C@@H]3O)[C@H](O)[C@@H](O)[C@@H]1O. The Hall–Kier alpha value is -0.800. The molecule has 2 bridgehead atoms. The highest BCUT2D eigenvalue weighted by Crippen LogP contribution is 2.37. The van der Waals surface area contributed by atoms with Crippen LogP contribution >= 0.6 is 0 Å². The highest BCUT2D eigenvalue weighted by Gasteiger charge is 2.57. The van der Waals surface area contributed by atoms with Gasteiger partial charge in [-0.15, -0.1) is 0 Å². The Morgan fingerprint density at radius 1 is 0.455 bits per heavy atom. The molecule has 12 N–H and O–H groups in total. The fraction of sp³-hybridized carbons (Fsp3) is 1.00. The topological polar surface area (TPSA) is 317 Å². The number of aliphatic hydroxyl groups is 12. The Morgan fingerprint density at radius 2 is 0.932 bits per heavy atom. The van der Waals surface area contributed by atoms with E-state index in [4.69, 9.17) is 37.9 Å². The second-order valence-electron chi connectivity index (χ2n) is 11.3. The minimum atomic E-state index is -1.91. The summed E-state index contributed by atoms with van der Waals surface area (Å²) in [4.78, 5) is 0. The van der Waals surface area contributed by atoms with Crippen molar-refractivity contribution in [2.75, 3.05) is 26.4 Å². The first-order valence-corrected chi connectivity index (χ1v) is 14.1. The molecule has 0 aliphatic carbocycles. The average molecular weight is 649 g/mol. The minimum Gasteiger partial charge on any atom is -0.394 e. The van der Waals surface area contributed by atoms with Gasteiger partial charge >= 0.3 is 0 Å². The van der Waals surface area contributed by atoms with Gasteiger partial charge in [0.15, 0.2) is 25.2 Å². The third-order valence-electron chi connectivity index (χ3n) is 8.45. The van der Waals surface area contributed by atoms with Gasteiger partial charge in [0.1, 0.15) is 97.7 Å². The van der Waals surface area contributed by atoms with E-state index in [2.05, 4.69) is 0 Å². The van der Waals surface area contributed by atoms with Gasteiger partial charge in [-0.25, -0.2) is 0 Å². The Morgan fingerprint density at radius 3 is 1.52 bits per heavy atom. The molecule has 5 heterocycles. The van der Waals surface area contributed by atoms with Crippen molar-refractivity contribution in [1.29, 1.82) is 0 Å². The lowest BCUT2D eigenvalue weighted by atomic mass is 9.96. The number of ether oxygens (including phenoxy) is 8. The monoisotopic (exact) mass is 648 g/mol. The molecule has 0 aromatic carbocycles. The van der Waals surface area contributed by atoms with E-state index in [1.165, 1.54) is 0 Å². The summed E-state index contributed by atoms with van der Waals surface area (Å²) >= 11 is 0. The van der Waals surface area contributed by atoms with Crippen molar-refractivity contribution in [3.63, 3.8) is 0 Å². The maximum Gasteiger partial charge on any atom is 0.187 e. The maximum atomic E-state index is 11.0. The predicted molar refractivity (Wildman–Crippen MR) is 131 cm³/mol. The van der Waals surface area contributed by atoms with Gasteiger partial charge in [-0.1, -0.05) is 0 Å². The van der Waals surface area contributed by atoms with Crippen LogP contribution in [-0.4, -0.2) is 211 Å². The first kappa shape index (κ1) is 34.5. The molecule has 20 nitrogen and oxygen atoms in total. The zero-order valence-corrected chi connectivity index (χ0v) is 23.0. The first-order chi connectivity index (χ1) is 20.9. The molecule has 0 radical (unpaired) electrons. The third kappa shape index (κ3) is 6.37. The Bertz CT molecular complexity index is 926. The van der Waals surface area contributed by atoms with Crippen LogP contribution in [0.25, 0.3) is 0 Å². The number of rotatable bonds is 9. The molecule has 5 aliphatic heterocycles. The molecule has 5 saturated heterocycles. The van der Waals surface area contributed by atoms with E-state index in [0.29, 0.717) is 0 Å². The van der Waals surface area contributed by atoms with Gasteiger partial charge in [0.05, 0.1) is 26.4 Å². The lowest BCUT2D eigenvalue weighted by molar-refractivity contribution is -0.377. The molecule has 0 spiro atoms. The van der Waals surface area contributed by atoms with Gasteiger partial charge < -0.3 is 99.2 Å². The van der Waals surface area contributed by atoms with Gasteiger partial charge in [0.2, 0.25) is 0 Å². The summed E-state index contributed by atoms with van der Waals surface area (Å²) in [6.45, 7) is -2.40. The van der Waals surface area contributed by atoms with Crippen molar-refractivity contribution in [2.24, 2.45) is 0 Å². The predicted octanol–water partition coefficient (Wildman–Crippen LogP) is -8.70. The summed E-state index contributed by atoms with van der Waals surface area (Å²) in [7, 11) is 0. The zero-order chi connectivity index (χ0) is 32.0. The van der Waals surface area contributed by atoms with Crippen LogP contribution in [0.2, 0.25) is 0 Å². The molecule has 20 heteroatoms. The van der Waals surface area contributed by atoms with Crippen LogP contribution in [0.5, 0.6) is 0 Å². The fourth-order valence-electron chi connectivity index (χ4n) is 5.91. The largest absolute Gasteiger partial charge is 0.394 e. The Kier molecular flexibility index (Phi) is 11.1. The zero-order valence-electron chi connectivity index (χ0n) is 23.0. The van der Waals surface area contributed by atoms with Crippen molar-refractivity contribution in [3.8, 4) is 0 Å². The van der Waals surface area contributed by atoms with E-state index in [0.717, 1.165) is 0 Å². The molecule has 0 aromatic heterocycles. The summed E-state index contributed by atoms with van der Waals surface area (Å²) < 4.78 is 44.2. The molecule has 5 aliphatic rings. The van der Waals surface area contributed by atoms with E-state index in [9.17, 15) is 61.3 Å². The van der Waals surface area contributed by atoms with Gasteiger partial charge in [-0.05, 0) is 0 Å². The highest BCUT2D eigenvalue weighted by molar-refractivity contribution is 5.00. The van der Waals surface area contributed by atoms with E-state index in [-0.39, 0.29) is 6.61 Å². The summed E-state index contributed by atoms with van der Waals surface area (Å²) in [5, 5.41) is 122. The quantitative estimate of drug-likeness (QED) is 0.110. The van der Waals surface area contributed by atoms with Crippen molar-refractivity contribution in [2.45, 2.75) is 123 Å². The van der Waals surface area contributed by atoms with Crippen LogP contribution in [0.15, 0.2) is 0 Å². The molecule has 256 valence electrons. The summed E-state index contributed by atoms with van der Waals surface area (Å²) in [6, 6.07) is 0. The van der Waals surface area contributed by atoms with Crippen molar-refractivity contribution < 1.29 is 99.2 Å². The summed E-state index contributed by atoms with van der Waals surface area (Å²) in [6.07, 6.45) is -31.1. The molecule has 1 unspecified atom stereocenters. The average Bonchev–Trinajstić information content (AvgIpc) is 3.33. The lowest BCUT2D eigenvalue weighted by Crippen LogP contribution is -2.66. The Balaban J connectivity index is 1.22. The van der Waals surface area contributed by atoms with Crippen LogP contribution in [0.4, 0.5) is 0 Å². The number of hydrogen-bond acceptors (Lipinski definition) is 20. The number of fused-ring (bicyclic) bond motifs is 2. The molecule has 5 fully saturated rings. The van der Waals surface area contributed by atoms with Crippen LogP contribution in [0.3, 0.4) is 0 Å². The molecular weight excluding hydrogens is 608 g/mol. The standard InChI is InChI=1S/C24H40O20/c25-1-5-9(28)10(29)14(33)22(39-5)44-19-8-4-37-20(19)16(35)24(41-8)43-18-7(3-27)40-23(15(34)12(18)31)42-17-6(2-26)38-21(36)13(32)11(17)30/h5-36H,1-4H2/t5-,6-,7-,8-,9-,10+,11-,12-,13-,14-,15-,16-,17-,18-,19-,20-,21?,22-,23-,24-/m1/s1. The van der Waals surface area contributed by atoms with Crippen LogP contribution in [0, 0.1) is 0 Å². The minimum absolute atomic E-state index is 0.131.